The zero-order valence-electron chi connectivity index (χ0n) is 10.3. The van der Waals surface area contributed by atoms with Crippen LogP contribution in [0.25, 0.3) is 0 Å². The van der Waals surface area contributed by atoms with Gasteiger partial charge in [0.15, 0.2) is 5.82 Å². The smallest absolute Gasteiger partial charge is 0.228 e. The van der Waals surface area contributed by atoms with E-state index in [2.05, 4.69) is 15.0 Å². The van der Waals surface area contributed by atoms with Crippen molar-refractivity contribution in [2.45, 2.75) is 25.8 Å². The zero-order chi connectivity index (χ0) is 12.1. The van der Waals surface area contributed by atoms with Gasteiger partial charge in [0, 0.05) is 38.5 Å². The van der Waals surface area contributed by atoms with Gasteiger partial charge in [-0.2, -0.15) is 4.98 Å². The maximum absolute atomic E-state index is 5.67. The van der Waals surface area contributed by atoms with Gasteiger partial charge in [0.25, 0.3) is 0 Å². The standard InChI is InChI=1S/C11H20N4O2/c1-9(12)8-11-13-10(14-17-11)2-3-15-4-6-16-7-5-15/h9H,2-8,12H2,1H3. The highest BCUT2D eigenvalue weighted by Gasteiger charge is 2.12. The first-order valence-electron chi connectivity index (χ1n) is 6.11. The Morgan fingerprint density at radius 1 is 1.41 bits per heavy atom. The van der Waals surface area contributed by atoms with Crippen LogP contribution in [0.2, 0.25) is 0 Å². The summed E-state index contributed by atoms with van der Waals surface area (Å²) in [5, 5.41) is 3.95. The number of nitrogens with zero attached hydrogens (tertiary/aromatic N) is 3. The van der Waals surface area contributed by atoms with Gasteiger partial charge in [-0.1, -0.05) is 5.16 Å². The fourth-order valence-electron chi connectivity index (χ4n) is 1.83. The van der Waals surface area contributed by atoms with Crippen LogP contribution in [0.15, 0.2) is 4.52 Å². The van der Waals surface area contributed by atoms with Crippen molar-refractivity contribution < 1.29 is 9.26 Å². The lowest BCUT2D eigenvalue weighted by Crippen LogP contribution is -2.37. The molecule has 0 amide bonds. The lowest BCUT2D eigenvalue weighted by molar-refractivity contribution is 0.0381. The Hall–Kier alpha value is -0.980. The first kappa shape index (κ1) is 12.5. The van der Waals surface area contributed by atoms with E-state index in [-0.39, 0.29) is 6.04 Å². The van der Waals surface area contributed by atoms with Crippen molar-refractivity contribution in [2.75, 3.05) is 32.8 Å². The highest BCUT2D eigenvalue weighted by atomic mass is 16.5. The molecule has 1 aromatic heterocycles. The SMILES string of the molecule is CC(N)Cc1nc(CCN2CCOCC2)no1. The van der Waals surface area contributed by atoms with Gasteiger partial charge in [0.05, 0.1) is 13.2 Å². The summed E-state index contributed by atoms with van der Waals surface area (Å²) in [6.07, 6.45) is 1.47. The Bertz CT molecular complexity index is 334. The molecular weight excluding hydrogens is 220 g/mol. The quantitative estimate of drug-likeness (QED) is 0.770. The molecular formula is C11H20N4O2. The van der Waals surface area contributed by atoms with Crippen LogP contribution < -0.4 is 5.73 Å². The molecule has 1 aliphatic rings. The van der Waals surface area contributed by atoms with Crippen molar-refractivity contribution in [3.8, 4) is 0 Å². The molecule has 6 nitrogen and oxygen atoms in total. The molecule has 2 heterocycles. The Labute approximate surface area is 101 Å². The summed E-state index contributed by atoms with van der Waals surface area (Å²) < 4.78 is 10.4. The second-order valence-corrected chi connectivity index (χ2v) is 4.49. The normalized spacial score (nSPS) is 19.4. The fourth-order valence-corrected chi connectivity index (χ4v) is 1.83. The Balaban J connectivity index is 1.76. The van der Waals surface area contributed by atoms with E-state index >= 15 is 0 Å². The predicted molar refractivity (Wildman–Crippen MR) is 62.6 cm³/mol. The number of hydrogen-bond donors (Lipinski definition) is 1. The van der Waals surface area contributed by atoms with Gasteiger partial charge < -0.3 is 15.0 Å². The molecule has 1 saturated heterocycles. The minimum atomic E-state index is 0.0579. The number of hydrogen-bond acceptors (Lipinski definition) is 6. The van der Waals surface area contributed by atoms with Crippen molar-refractivity contribution in [1.82, 2.24) is 15.0 Å². The van der Waals surface area contributed by atoms with Crippen molar-refractivity contribution in [3.05, 3.63) is 11.7 Å². The summed E-state index contributed by atoms with van der Waals surface area (Å²) in [5.41, 5.74) is 5.67. The van der Waals surface area contributed by atoms with Gasteiger partial charge in [-0.05, 0) is 6.92 Å². The summed E-state index contributed by atoms with van der Waals surface area (Å²) in [6.45, 7) is 6.51. The number of aromatic nitrogens is 2. The van der Waals surface area contributed by atoms with Gasteiger partial charge in [-0.3, -0.25) is 4.90 Å². The molecule has 2 N–H and O–H groups in total. The maximum atomic E-state index is 5.67. The van der Waals surface area contributed by atoms with Crippen LogP contribution >= 0.6 is 0 Å². The molecule has 1 aliphatic heterocycles. The van der Waals surface area contributed by atoms with E-state index in [1.807, 2.05) is 6.92 Å². The first-order chi connectivity index (χ1) is 8.24. The lowest BCUT2D eigenvalue weighted by Gasteiger charge is -2.25. The Kier molecular flexibility index (Phi) is 4.47. The zero-order valence-corrected chi connectivity index (χ0v) is 10.3. The van der Waals surface area contributed by atoms with Gasteiger partial charge in [0.1, 0.15) is 0 Å². The second-order valence-electron chi connectivity index (χ2n) is 4.49. The third kappa shape index (κ3) is 4.07. The van der Waals surface area contributed by atoms with Crippen LogP contribution in [-0.4, -0.2) is 53.9 Å². The molecule has 0 aromatic carbocycles. The lowest BCUT2D eigenvalue weighted by atomic mass is 10.2. The summed E-state index contributed by atoms with van der Waals surface area (Å²) in [7, 11) is 0. The van der Waals surface area contributed by atoms with E-state index in [1.165, 1.54) is 0 Å². The summed E-state index contributed by atoms with van der Waals surface area (Å²) >= 11 is 0. The molecule has 17 heavy (non-hydrogen) atoms. The minimum absolute atomic E-state index is 0.0579. The van der Waals surface area contributed by atoms with E-state index in [1.54, 1.807) is 0 Å². The van der Waals surface area contributed by atoms with Crippen LogP contribution in [0.3, 0.4) is 0 Å². The topological polar surface area (TPSA) is 77.4 Å². The Morgan fingerprint density at radius 3 is 2.88 bits per heavy atom. The number of ether oxygens (including phenoxy) is 1. The molecule has 6 heteroatoms. The van der Waals surface area contributed by atoms with Crippen LogP contribution in [0.5, 0.6) is 0 Å². The Morgan fingerprint density at radius 2 is 2.18 bits per heavy atom. The fraction of sp³-hybridized carbons (Fsp3) is 0.818. The van der Waals surface area contributed by atoms with Crippen molar-refractivity contribution in [2.24, 2.45) is 5.73 Å². The third-order valence-corrected chi connectivity index (χ3v) is 2.76. The monoisotopic (exact) mass is 240 g/mol. The number of morpholine rings is 1. The molecule has 1 atom stereocenters. The first-order valence-corrected chi connectivity index (χ1v) is 6.11. The van der Waals surface area contributed by atoms with Crippen molar-refractivity contribution in [1.29, 1.82) is 0 Å². The third-order valence-electron chi connectivity index (χ3n) is 2.76. The largest absolute Gasteiger partial charge is 0.379 e. The van der Waals surface area contributed by atoms with Crippen molar-refractivity contribution in [3.63, 3.8) is 0 Å². The van der Waals surface area contributed by atoms with E-state index < -0.39 is 0 Å². The van der Waals surface area contributed by atoms with Crippen LogP contribution in [0.1, 0.15) is 18.6 Å². The van der Waals surface area contributed by atoms with E-state index in [4.69, 9.17) is 15.0 Å². The molecule has 2 rings (SSSR count). The minimum Gasteiger partial charge on any atom is -0.379 e. The van der Waals surface area contributed by atoms with Crippen LogP contribution in [0, 0.1) is 0 Å². The van der Waals surface area contributed by atoms with E-state index in [9.17, 15) is 0 Å². The molecule has 1 aromatic rings. The van der Waals surface area contributed by atoms with Gasteiger partial charge in [-0.15, -0.1) is 0 Å². The summed E-state index contributed by atoms with van der Waals surface area (Å²) in [4.78, 5) is 6.67. The van der Waals surface area contributed by atoms with Crippen molar-refractivity contribution >= 4 is 0 Å². The molecule has 0 bridgehead atoms. The summed E-state index contributed by atoms with van der Waals surface area (Å²) in [5.74, 6) is 1.41. The van der Waals surface area contributed by atoms with E-state index in [0.717, 1.165) is 45.1 Å². The number of nitrogens with two attached hydrogens (primary N) is 1. The summed E-state index contributed by atoms with van der Waals surface area (Å²) in [6, 6.07) is 0.0579. The average Bonchev–Trinajstić information content (AvgIpc) is 2.75. The van der Waals surface area contributed by atoms with Crippen LogP contribution in [0.4, 0.5) is 0 Å². The predicted octanol–water partition coefficient (Wildman–Crippen LogP) is -0.166. The molecule has 1 unspecified atom stereocenters. The molecule has 0 radical (unpaired) electrons. The second kappa shape index (κ2) is 6.09. The molecule has 0 aliphatic carbocycles. The highest BCUT2D eigenvalue weighted by molar-refractivity contribution is 4.89. The van der Waals surface area contributed by atoms with E-state index in [0.29, 0.717) is 12.3 Å². The van der Waals surface area contributed by atoms with Gasteiger partial charge in [0.2, 0.25) is 5.89 Å². The number of rotatable bonds is 5. The molecule has 0 saturated carbocycles. The molecule has 96 valence electrons. The highest BCUT2D eigenvalue weighted by Crippen LogP contribution is 2.03. The van der Waals surface area contributed by atoms with Crippen LogP contribution in [-0.2, 0) is 17.6 Å². The maximum Gasteiger partial charge on any atom is 0.228 e. The van der Waals surface area contributed by atoms with Gasteiger partial charge >= 0.3 is 0 Å². The molecule has 0 spiro atoms. The molecule has 1 fully saturated rings. The average molecular weight is 240 g/mol. The van der Waals surface area contributed by atoms with Gasteiger partial charge in [-0.25, -0.2) is 0 Å².